The first-order valence-corrected chi connectivity index (χ1v) is 7.07. The van der Waals surface area contributed by atoms with Crippen LogP contribution in [0.2, 0.25) is 0 Å². The standard InChI is InChI=1S/C14H21NS/c1-3-12-8-9-15-13(10-12)5-7-14-6-4-11(2)16-14/h4-7,12-13,15H,3,8-10H2,1-2H3/b7-5+. The van der Waals surface area contributed by atoms with Gasteiger partial charge in [-0.3, -0.25) is 0 Å². The van der Waals surface area contributed by atoms with Gasteiger partial charge in [0.1, 0.15) is 0 Å². The molecule has 2 rings (SSSR count). The maximum Gasteiger partial charge on any atom is 0.0270 e. The van der Waals surface area contributed by atoms with Crippen LogP contribution in [-0.2, 0) is 0 Å². The first kappa shape index (κ1) is 11.9. The van der Waals surface area contributed by atoms with Gasteiger partial charge >= 0.3 is 0 Å². The van der Waals surface area contributed by atoms with E-state index in [1.54, 1.807) is 0 Å². The smallest absolute Gasteiger partial charge is 0.0270 e. The summed E-state index contributed by atoms with van der Waals surface area (Å²) in [7, 11) is 0. The minimum atomic E-state index is 0.584. The van der Waals surface area contributed by atoms with Gasteiger partial charge in [-0.2, -0.15) is 0 Å². The fourth-order valence-electron chi connectivity index (χ4n) is 2.30. The lowest BCUT2D eigenvalue weighted by Crippen LogP contribution is -2.36. The van der Waals surface area contributed by atoms with Crippen LogP contribution in [0.4, 0.5) is 0 Å². The molecule has 0 aromatic carbocycles. The van der Waals surface area contributed by atoms with Gasteiger partial charge in [-0.15, -0.1) is 11.3 Å². The third-order valence-corrected chi connectivity index (χ3v) is 4.34. The third kappa shape index (κ3) is 3.19. The molecule has 1 aliphatic heterocycles. The Morgan fingerprint density at radius 1 is 1.50 bits per heavy atom. The topological polar surface area (TPSA) is 12.0 Å². The Balaban J connectivity index is 1.91. The molecule has 2 atom stereocenters. The highest BCUT2D eigenvalue weighted by Gasteiger charge is 2.17. The summed E-state index contributed by atoms with van der Waals surface area (Å²) in [5.74, 6) is 0.918. The Labute approximate surface area is 103 Å². The van der Waals surface area contributed by atoms with Gasteiger partial charge in [0.05, 0.1) is 0 Å². The summed E-state index contributed by atoms with van der Waals surface area (Å²) < 4.78 is 0. The van der Waals surface area contributed by atoms with Crippen LogP contribution in [0.25, 0.3) is 6.08 Å². The molecule has 0 bridgehead atoms. The summed E-state index contributed by atoms with van der Waals surface area (Å²) in [6, 6.07) is 4.98. The summed E-state index contributed by atoms with van der Waals surface area (Å²) in [5.41, 5.74) is 0. The Kier molecular flexibility index (Phi) is 4.19. The Morgan fingerprint density at radius 3 is 3.06 bits per heavy atom. The molecule has 1 aromatic rings. The summed E-state index contributed by atoms with van der Waals surface area (Å²) >= 11 is 1.87. The molecule has 16 heavy (non-hydrogen) atoms. The lowest BCUT2D eigenvalue weighted by atomic mass is 9.90. The number of nitrogens with one attached hydrogen (secondary N) is 1. The van der Waals surface area contributed by atoms with E-state index in [4.69, 9.17) is 0 Å². The molecule has 0 spiro atoms. The molecule has 1 aromatic heterocycles. The number of aryl methyl sites for hydroxylation is 1. The molecule has 2 heteroatoms. The maximum atomic E-state index is 3.58. The van der Waals surface area contributed by atoms with Crippen molar-refractivity contribution in [1.29, 1.82) is 0 Å². The molecule has 1 saturated heterocycles. The predicted octanol–water partition coefficient (Wildman–Crippen LogP) is 3.85. The number of piperidine rings is 1. The molecule has 0 radical (unpaired) electrons. The number of hydrogen-bond acceptors (Lipinski definition) is 2. The van der Waals surface area contributed by atoms with Crippen LogP contribution in [0.5, 0.6) is 0 Å². The lowest BCUT2D eigenvalue weighted by molar-refractivity contribution is 0.326. The SMILES string of the molecule is CCC1CCNC(/C=C/c2ccc(C)s2)C1. The molecular weight excluding hydrogens is 214 g/mol. The Hall–Kier alpha value is -0.600. The fourth-order valence-corrected chi connectivity index (χ4v) is 3.10. The summed E-state index contributed by atoms with van der Waals surface area (Å²) in [5, 5.41) is 3.58. The number of rotatable bonds is 3. The van der Waals surface area contributed by atoms with Crippen LogP contribution in [0.15, 0.2) is 18.2 Å². The molecule has 88 valence electrons. The van der Waals surface area contributed by atoms with Gasteiger partial charge < -0.3 is 5.32 Å². The number of thiophene rings is 1. The molecular formula is C14H21NS. The second-order valence-electron chi connectivity index (χ2n) is 4.67. The minimum absolute atomic E-state index is 0.584. The van der Waals surface area contributed by atoms with Crippen LogP contribution >= 0.6 is 11.3 Å². The van der Waals surface area contributed by atoms with E-state index in [0.717, 1.165) is 5.92 Å². The molecule has 1 N–H and O–H groups in total. The van der Waals surface area contributed by atoms with Gasteiger partial charge in [-0.1, -0.05) is 19.4 Å². The van der Waals surface area contributed by atoms with E-state index in [2.05, 4.69) is 43.4 Å². The van der Waals surface area contributed by atoms with Crippen molar-refractivity contribution in [3.05, 3.63) is 28.0 Å². The second kappa shape index (κ2) is 5.65. The van der Waals surface area contributed by atoms with Gasteiger partial charge in [-0.05, 0) is 50.4 Å². The highest BCUT2D eigenvalue weighted by atomic mass is 32.1. The van der Waals surface area contributed by atoms with Crippen molar-refractivity contribution >= 4 is 17.4 Å². The molecule has 0 amide bonds. The van der Waals surface area contributed by atoms with Crippen molar-refractivity contribution in [2.24, 2.45) is 5.92 Å². The van der Waals surface area contributed by atoms with Crippen molar-refractivity contribution < 1.29 is 0 Å². The Morgan fingerprint density at radius 2 is 2.38 bits per heavy atom. The van der Waals surface area contributed by atoms with E-state index in [9.17, 15) is 0 Å². The first-order chi connectivity index (χ1) is 7.78. The average molecular weight is 235 g/mol. The van der Waals surface area contributed by atoms with Crippen LogP contribution < -0.4 is 5.32 Å². The third-order valence-electron chi connectivity index (χ3n) is 3.38. The highest BCUT2D eigenvalue weighted by molar-refractivity contribution is 7.12. The lowest BCUT2D eigenvalue weighted by Gasteiger charge is -2.27. The van der Waals surface area contributed by atoms with Gasteiger partial charge in [-0.25, -0.2) is 0 Å². The Bertz CT molecular complexity index is 353. The van der Waals surface area contributed by atoms with Gasteiger partial charge in [0.25, 0.3) is 0 Å². The van der Waals surface area contributed by atoms with Gasteiger partial charge in [0, 0.05) is 15.8 Å². The molecule has 1 nitrogen and oxygen atoms in total. The van der Waals surface area contributed by atoms with Crippen LogP contribution in [0.3, 0.4) is 0 Å². The zero-order chi connectivity index (χ0) is 11.4. The van der Waals surface area contributed by atoms with Crippen LogP contribution in [0.1, 0.15) is 35.9 Å². The molecule has 0 saturated carbocycles. The van der Waals surface area contributed by atoms with Crippen LogP contribution in [-0.4, -0.2) is 12.6 Å². The number of hydrogen-bond donors (Lipinski definition) is 1. The van der Waals surface area contributed by atoms with E-state index >= 15 is 0 Å². The zero-order valence-electron chi connectivity index (χ0n) is 10.2. The van der Waals surface area contributed by atoms with Crippen LogP contribution in [0, 0.1) is 12.8 Å². The van der Waals surface area contributed by atoms with Crippen molar-refractivity contribution in [2.45, 2.75) is 39.2 Å². The average Bonchev–Trinajstić information content (AvgIpc) is 2.73. The zero-order valence-corrected chi connectivity index (χ0v) is 11.0. The van der Waals surface area contributed by atoms with Crippen molar-refractivity contribution in [3.8, 4) is 0 Å². The fraction of sp³-hybridized carbons (Fsp3) is 0.571. The first-order valence-electron chi connectivity index (χ1n) is 6.26. The molecule has 2 unspecified atom stereocenters. The molecule has 1 fully saturated rings. The normalized spacial score (nSPS) is 26.4. The molecule has 0 aliphatic carbocycles. The van der Waals surface area contributed by atoms with E-state index < -0.39 is 0 Å². The summed E-state index contributed by atoms with van der Waals surface area (Å²) in [6.45, 7) is 5.64. The van der Waals surface area contributed by atoms with Crippen molar-refractivity contribution in [2.75, 3.05) is 6.54 Å². The van der Waals surface area contributed by atoms with Gasteiger partial charge in [0.2, 0.25) is 0 Å². The highest BCUT2D eigenvalue weighted by Crippen LogP contribution is 2.21. The predicted molar refractivity (Wildman–Crippen MR) is 72.9 cm³/mol. The van der Waals surface area contributed by atoms with Crippen molar-refractivity contribution in [3.63, 3.8) is 0 Å². The van der Waals surface area contributed by atoms with E-state index in [0.29, 0.717) is 6.04 Å². The minimum Gasteiger partial charge on any atom is -0.310 e. The second-order valence-corrected chi connectivity index (χ2v) is 5.99. The molecule has 2 heterocycles. The van der Waals surface area contributed by atoms with Gasteiger partial charge in [0.15, 0.2) is 0 Å². The quantitative estimate of drug-likeness (QED) is 0.839. The maximum absolute atomic E-state index is 3.58. The molecule has 1 aliphatic rings. The summed E-state index contributed by atoms with van der Waals surface area (Å²) in [4.78, 5) is 2.76. The summed E-state index contributed by atoms with van der Waals surface area (Å²) in [6.07, 6.45) is 8.58. The largest absolute Gasteiger partial charge is 0.310 e. The van der Waals surface area contributed by atoms with E-state index in [-0.39, 0.29) is 0 Å². The monoisotopic (exact) mass is 235 g/mol. The van der Waals surface area contributed by atoms with E-state index in [1.807, 2.05) is 11.3 Å². The van der Waals surface area contributed by atoms with E-state index in [1.165, 1.54) is 35.6 Å². The van der Waals surface area contributed by atoms with Crippen molar-refractivity contribution in [1.82, 2.24) is 5.32 Å².